The molecule has 0 saturated carbocycles. The Morgan fingerprint density at radius 1 is 1.08 bits per heavy atom. The molecule has 0 saturated heterocycles. The molecule has 5 nitrogen and oxygen atoms in total. The van der Waals surface area contributed by atoms with Gasteiger partial charge in [0.2, 0.25) is 15.9 Å². The number of nitrogens with zero attached hydrogens (tertiary/aromatic N) is 1. The molecule has 0 spiro atoms. The van der Waals surface area contributed by atoms with Crippen LogP contribution in [-0.2, 0) is 14.8 Å². The van der Waals surface area contributed by atoms with Crippen molar-refractivity contribution in [3.63, 3.8) is 0 Å². The summed E-state index contributed by atoms with van der Waals surface area (Å²) >= 11 is 3.16. The van der Waals surface area contributed by atoms with Crippen LogP contribution in [0.1, 0.15) is 0 Å². The fraction of sp³-hybridized carbons (Fsp3) is 0.278. The Bertz CT molecular complexity index is 827. The number of thioether (sulfide) groups is 2. The van der Waals surface area contributed by atoms with Gasteiger partial charge < -0.3 is 5.32 Å². The largest absolute Gasteiger partial charge is 0.354 e. The summed E-state index contributed by atoms with van der Waals surface area (Å²) in [7, 11) is -3.55. The maximum atomic E-state index is 12.2. The van der Waals surface area contributed by atoms with Crippen LogP contribution in [0.3, 0.4) is 0 Å². The highest BCUT2D eigenvalue weighted by Crippen LogP contribution is 2.23. The van der Waals surface area contributed by atoms with Crippen LogP contribution in [-0.4, -0.2) is 45.7 Å². The van der Waals surface area contributed by atoms with E-state index in [9.17, 15) is 13.2 Å². The summed E-state index contributed by atoms with van der Waals surface area (Å²) in [5.41, 5.74) is 0.494. The lowest BCUT2D eigenvalue weighted by molar-refractivity contribution is -0.119. The monoisotopic (exact) mass is 410 g/mol. The highest BCUT2D eigenvalue weighted by Gasteiger charge is 2.20. The molecule has 0 aliphatic carbocycles. The average Bonchev–Trinajstić information content (AvgIpc) is 2.63. The molecule has 0 heterocycles. The number of sulfonamides is 1. The van der Waals surface area contributed by atoms with Crippen molar-refractivity contribution in [1.29, 1.82) is 0 Å². The van der Waals surface area contributed by atoms with Gasteiger partial charge >= 0.3 is 0 Å². The topological polar surface area (TPSA) is 66.5 Å². The molecule has 0 atom stereocenters. The average molecular weight is 411 g/mol. The first-order chi connectivity index (χ1) is 12.4. The van der Waals surface area contributed by atoms with Crippen molar-refractivity contribution in [2.24, 2.45) is 0 Å². The van der Waals surface area contributed by atoms with Crippen molar-refractivity contribution in [2.45, 2.75) is 9.79 Å². The number of amides is 1. The Balaban J connectivity index is 1.92. The molecule has 2 aromatic rings. The fourth-order valence-corrected chi connectivity index (χ4v) is 4.32. The van der Waals surface area contributed by atoms with Gasteiger partial charge in [-0.1, -0.05) is 24.3 Å². The standard InChI is InChI=1S/C18H22N2O3S3/c1-24-17-10-6-7-15(13-17)20(26(2,22)23)14-18(21)19-11-12-25-16-8-4-3-5-9-16/h3-10,13H,11-12,14H2,1-2H3,(H,19,21). The molecule has 0 unspecified atom stereocenters. The zero-order valence-corrected chi connectivity index (χ0v) is 17.2. The van der Waals surface area contributed by atoms with Crippen molar-refractivity contribution >= 4 is 45.1 Å². The Morgan fingerprint density at radius 2 is 1.77 bits per heavy atom. The van der Waals surface area contributed by atoms with Crippen molar-refractivity contribution in [1.82, 2.24) is 5.32 Å². The lowest BCUT2D eigenvalue weighted by Gasteiger charge is -2.22. The molecule has 0 fully saturated rings. The van der Waals surface area contributed by atoms with Crippen molar-refractivity contribution in [2.75, 3.05) is 35.7 Å². The molecule has 1 N–H and O–H groups in total. The SMILES string of the molecule is CSc1cccc(N(CC(=O)NCCSc2ccccc2)S(C)(=O)=O)c1. The van der Waals surface area contributed by atoms with Gasteiger partial charge in [-0.05, 0) is 36.6 Å². The van der Waals surface area contributed by atoms with E-state index in [4.69, 9.17) is 0 Å². The molecule has 0 aliphatic heterocycles. The Hall–Kier alpha value is -1.64. The second kappa shape index (κ2) is 9.89. The van der Waals surface area contributed by atoms with E-state index in [2.05, 4.69) is 5.32 Å². The molecule has 1 amide bonds. The van der Waals surface area contributed by atoms with Gasteiger partial charge in [-0.25, -0.2) is 8.42 Å². The number of anilines is 1. The van der Waals surface area contributed by atoms with Gasteiger partial charge in [-0.3, -0.25) is 9.10 Å². The van der Waals surface area contributed by atoms with E-state index in [1.54, 1.807) is 30.0 Å². The maximum absolute atomic E-state index is 12.2. The summed E-state index contributed by atoms with van der Waals surface area (Å²) in [4.78, 5) is 14.3. The van der Waals surface area contributed by atoms with Crippen molar-refractivity contribution in [3.05, 3.63) is 54.6 Å². The zero-order chi connectivity index (χ0) is 19.0. The van der Waals surface area contributed by atoms with Crippen molar-refractivity contribution < 1.29 is 13.2 Å². The summed E-state index contributed by atoms with van der Waals surface area (Å²) in [6, 6.07) is 17.1. The van der Waals surface area contributed by atoms with E-state index < -0.39 is 10.0 Å². The van der Waals surface area contributed by atoms with E-state index in [-0.39, 0.29) is 12.5 Å². The minimum atomic E-state index is -3.55. The third-order valence-corrected chi connectivity index (χ3v) is 6.34. The number of rotatable bonds is 9. The molecule has 0 bridgehead atoms. The van der Waals surface area contributed by atoms with Crippen LogP contribution in [0, 0.1) is 0 Å². The minimum Gasteiger partial charge on any atom is -0.354 e. The number of hydrogen-bond acceptors (Lipinski definition) is 5. The van der Waals surface area contributed by atoms with Gasteiger partial charge in [0.05, 0.1) is 11.9 Å². The number of hydrogen-bond donors (Lipinski definition) is 1. The molecule has 2 rings (SSSR count). The van der Waals surface area contributed by atoms with Crippen LogP contribution in [0.4, 0.5) is 5.69 Å². The van der Waals surface area contributed by atoms with Gasteiger partial charge in [0.1, 0.15) is 6.54 Å². The molecule has 8 heteroatoms. The molecular weight excluding hydrogens is 388 g/mol. The van der Waals surface area contributed by atoms with Crippen LogP contribution in [0.2, 0.25) is 0 Å². The smallest absolute Gasteiger partial charge is 0.240 e. The third kappa shape index (κ3) is 6.59. The fourth-order valence-electron chi connectivity index (χ4n) is 2.23. The second-order valence-corrected chi connectivity index (χ2v) is 9.44. The maximum Gasteiger partial charge on any atom is 0.240 e. The summed E-state index contributed by atoms with van der Waals surface area (Å²) in [5, 5.41) is 2.78. The summed E-state index contributed by atoms with van der Waals surface area (Å²) in [6.07, 6.45) is 3.03. The zero-order valence-electron chi connectivity index (χ0n) is 14.7. The molecule has 0 radical (unpaired) electrons. The molecule has 140 valence electrons. The van der Waals surface area contributed by atoms with Gasteiger partial charge in [0.15, 0.2) is 0 Å². The second-order valence-electron chi connectivity index (χ2n) is 5.48. The number of nitrogens with one attached hydrogen (secondary N) is 1. The lowest BCUT2D eigenvalue weighted by Crippen LogP contribution is -2.41. The van der Waals surface area contributed by atoms with Crippen molar-refractivity contribution in [3.8, 4) is 0 Å². The predicted octanol–water partition coefficient (Wildman–Crippen LogP) is 3.08. The normalized spacial score (nSPS) is 11.2. The highest BCUT2D eigenvalue weighted by atomic mass is 32.2. The van der Waals surface area contributed by atoms with Crippen LogP contribution in [0.5, 0.6) is 0 Å². The highest BCUT2D eigenvalue weighted by molar-refractivity contribution is 7.99. The first kappa shape index (κ1) is 20.7. The van der Waals surface area contributed by atoms with Gasteiger partial charge in [-0.15, -0.1) is 23.5 Å². The van der Waals surface area contributed by atoms with Crippen LogP contribution in [0.15, 0.2) is 64.4 Å². The quantitative estimate of drug-likeness (QED) is 0.508. The van der Waals surface area contributed by atoms with Crippen LogP contribution >= 0.6 is 23.5 Å². The molecule has 26 heavy (non-hydrogen) atoms. The van der Waals surface area contributed by atoms with E-state index in [1.807, 2.05) is 42.7 Å². The predicted molar refractivity (Wildman–Crippen MR) is 111 cm³/mol. The first-order valence-electron chi connectivity index (χ1n) is 7.96. The van der Waals surface area contributed by atoms with Gasteiger partial charge in [0, 0.05) is 22.1 Å². The molecule has 2 aromatic carbocycles. The molecule has 0 aromatic heterocycles. The first-order valence-corrected chi connectivity index (χ1v) is 12.0. The number of carbonyl (C=O) groups excluding carboxylic acids is 1. The molecule has 0 aliphatic rings. The Morgan fingerprint density at radius 3 is 2.42 bits per heavy atom. The molecular formula is C18H22N2O3S3. The van der Waals surface area contributed by atoms with E-state index >= 15 is 0 Å². The number of carbonyl (C=O) groups is 1. The van der Waals surface area contributed by atoms with Gasteiger partial charge in [0.25, 0.3) is 0 Å². The van der Waals surface area contributed by atoms with Crippen LogP contribution < -0.4 is 9.62 Å². The summed E-state index contributed by atoms with van der Waals surface area (Å²) in [6.45, 7) is 0.244. The number of benzene rings is 2. The lowest BCUT2D eigenvalue weighted by atomic mass is 10.3. The third-order valence-electron chi connectivity index (χ3n) is 3.47. The Labute approximate surface area is 163 Å². The van der Waals surface area contributed by atoms with E-state index in [1.165, 1.54) is 11.8 Å². The summed E-state index contributed by atoms with van der Waals surface area (Å²) < 4.78 is 25.4. The Kier molecular flexibility index (Phi) is 7.86. The van der Waals surface area contributed by atoms with E-state index in [0.717, 1.165) is 26.1 Å². The van der Waals surface area contributed by atoms with E-state index in [0.29, 0.717) is 12.2 Å². The van der Waals surface area contributed by atoms with Crippen LogP contribution in [0.25, 0.3) is 0 Å². The minimum absolute atomic E-state index is 0.229. The summed E-state index contributed by atoms with van der Waals surface area (Å²) in [5.74, 6) is 0.398. The van der Waals surface area contributed by atoms with Gasteiger partial charge in [-0.2, -0.15) is 0 Å².